The van der Waals surface area contributed by atoms with E-state index in [-0.39, 0.29) is 29.8 Å². The fourth-order valence-corrected chi connectivity index (χ4v) is 2.82. The van der Waals surface area contributed by atoms with Gasteiger partial charge in [-0.05, 0) is 38.1 Å². The van der Waals surface area contributed by atoms with E-state index in [9.17, 15) is 4.79 Å². The Morgan fingerprint density at radius 3 is 2.65 bits per heavy atom. The van der Waals surface area contributed by atoms with Gasteiger partial charge in [0.05, 0.1) is 12.2 Å². The van der Waals surface area contributed by atoms with Crippen LogP contribution in [-0.4, -0.2) is 36.1 Å². The summed E-state index contributed by atoms with van der Waals surface area (Å²) in [7, 11) is 0. The summed E-state index contributed by atoms with van der Waals surface area (Å²) in [6.45, 7) is 5.00. The lowest BCUT2D eigenvalue weighted by Crippen LogP contribution is -2.48. The van der Waals surface area contributed by atoms with E-state index in [1.807, 2.05) is 13.8 Å². The highest BCUT2D eigenvalue weighted by Crippen LogP contribution is 2.26. The smallest absolute Gasteiger partial charge is 0.290 e. The van der Waals surface area contributed by atoms with Crippen LogP contribution < -0.4 is 4.74 Å². The van der Waals surface area contributed by atoms with Crippen LogP contribution in [0.15, 0.2) is 40.8 Å². The number of carbonyl (C=O) groups excluding carboxylic acids is 1. The van der Waals surface area contributed by atoms with E-state index in [2.05, 4.69) is 0 Å². The summed E-state index contributed by atoms with van der Waals surface area (Å²) in [6, 6.07) is 10.2. The van der Waals surface area contributed by atoms with Gasteiger partial charge >= 0.3 is 0 Å². The van der Waals surface area contributed by atoms with Gasteiger partial charge in [-0.3, -0.25) is 4.79 Å². The molecule has 1 aliphatic rings. The van der Waals surface area contributed by atoms with E-state index < -0.39 is 0 Å². The van der Waals surface area contributed by atoms with Gasteiger partial charge in [-0.15, -0.1) is 0 Å². The van der Waals surface area contributed by atoms with Crippen molar-refractivity contribution in [2.24, 2.45) is 0 Å². The highest BCUT2D eigenvalue weighted by molar-refractivity contribution is 6.30. The predicted octanol–water partition coefficient (Wildman–Crippen LogP) is 3.97. The van der Waals surface area contributed by atoms with E-state index in [4.69, 9.17) is 25.5 Å². The van der Waals surface area contributed by atoms with Crippen molar-refractivity contribution in [1.29, 1.82) is 0 Å². The van der Waals surface area contributed by atoms with Crippen LogP contribution in [0, 0.1) is 0 Å². The first-order valence-electron chi connectivity index (χ1n) is 7.49. The molecule has 1 aromatic carbocycles. The number of furan rings is 1. The molecule has 122 valence electrons. The zero-order valence-corrected chi connectivity index (χ0v) is 13.7. The molecule has 1 aromatic heterocycles. The van der Waals surface area contributed by atoms with Crippen LogP contribution in [0.2, 0.25) is 5.02 Å². The van der Waals surface area contributed by atoms with Gasteiger partial charge in [0, 0.05) is 24.2 Å². The molecular formula is C17H18ClNO4. The molecule has 5 nitrogen and oxygen atoms in total. The molecule has 1 fully saturated rings. The second kappa shape index (κ2) is 6.64. The Morgan fingerprint density at radius 2 is 1.96 bits per heavy atom. The van der Waals surface area contributed by atoms with Crippen molar-refractivity contribution >= 4 is 17.5 Å². The van der Waals surface area contributed by atoms with Crippen molar-refractivity contribution in [3.8, 4) is 11.7 Å². The zero-order chi connectivity index (χ0) is 16.4. The molecule has 6 heteroatoms. The van der Waals surface area contributed by atoms with Crippen LogP contribution in [0.1, 0.15) is 24.4 Å². The number of ether oxygens (including phenoxy) is 2. The van der Waals surface area contributed by atoms with Crippen molar-refractivity contribution in [2.75, 3.05) is 13.1 Å². The minimum atomic E-state index is -0.159. The number of morpholine rings is 1. The second-order valence-corrected chi connectivity index (χ2v) is 6.08. The van der Waals surface area contributed by atoms with Crippen molar-refractivity contribution in [1.82, 2.24) is 4.90 Å². The lowest BCUT2D eigenvalue weighted by Gasteiger charge is -2.34. The number of halogens is 1. The second-order valence-electron chi connectivity index (χ2n) is 5.65. The monoisotopic (exact) mass is 335 g/mol. The maximum atomic E-state index is 12.5. The number of amides is 1. The molecule has 3 rings (SSSR count). The number of hydrogen-bond donors (Lipinski definition) is 0. The number of rotatable bonds is 3. The molecule has 0 N–H and O–H groups in total. The first-order valence-corrected chi connectivity index (χ1v) is 7.87. The standard InChI is InChI=1S/C17H18ClNO4/c1-11-9-19(10-12(2)21-11)17(20)15-6-7-16(23-15)22-14-5-3-4-13(18)8-14/h3-8,11-12H,9-10H2,1-2H3/t11-,12-/m1/s1. The minimum Gasteiger partial charge on any atom is -0.426 e. The largest absolute Gasteiger partial charge is 0.426 e. The van der Waals surface area contributed by atoms with Crippen LogP contribution >= 0.6 is 11.6 Å². The third kappa shape index (κ3) is 3.86. The first-order chi connectivity index (χ1) is 11.0. The summed E-state index contributed by atoms with van der Waals surface area (Å²) in [5.41, 5.74) is 0. The topological polar surface area (TPSA) is 51.9 Å². The molecule has 1 saturated heterocycles. The van der Waals surface area contributed by atoms with Crippen molar-refractivity contribution in [3.63, 3.8) is 0 Å². The molecular weight excluding hydrogens is 318 g/mol. The first kappa shape index (κ1) is 15.9. The highest BCUT2D eigenvalue weighted by atomic mass is 35.5. The molecule has 0 bridgehead atoms. The van der Waals surface area contributed by atoms with E-state index in [0.717, 1.165) is 0 Å². The van der Waals surface area contributed by atoms with E-state index >= 15 is 0 Å². The van der Waals surface area contributed by atoms with Gasteiger partial charge in [-0.1, -0.05) is 17.7 Å². The minimum absolute atomic E-state index is 0.0137. The summed E-state index contributed by atoms with van der Waals surface area (Å²) < 4.78 is 16.7. The average Bonchev–Trinajstić information content (AvgIpc) is 2.94. The SMILES string of the molecule is C[C@@H]1CN(C(=O)c2ccc(Oc3cccc(Cl)c3)o2)C[C@@H](C)O1. The van der Waals surface area contributed by atoms with Gasteiger partial charge in [-0.2, -0.15) is 0 Å². The molecule has 0 saturated carbocycles. The molecule has 1 aliphatic heterocycles. The number of carbonyl (C=O) groups is 1. The van der Waals surface area contributed by atoms with Crippen molar-refractivity contribution in [2.45, 2.75) is 26.1 Å². The number of benzene rings is 1. The third-order valence-electron chi connectivity index (χ3n) is 3.51. The Balaban J connectivity index is 1.70. The molecule has 0 aliphatic carbocycles. The fraction of sp³-hybridized carbons (Fsp3) is 0.353. The molecule has 2 aromatic rings. The predicted molar refractivity (Wildman–Crippen MR) is 86.1 cm³/mol. The van der Waals surface area contributed by atoms with Crippen LogP contribution in [0.25, 0.3) is 0 Å². The van der Waals surface area contributed by atoms with Crippen molar-refractivity contribution < 1.29 is 18.7 Å². The maximum Gasteiger partial charge on any atom is 0.290 e. The van der Waals surface area contributed by atoms with Gasteiger partial charge in [0.15, 0.2) is 5.76 Å². The van der Waals surface area contributed by atoms with Gasteiger partial charge in [0.2, 0.25) is 0 Å². The summed E-state index contributed by atoms with van der Waals surface area (Å²) >= 11 is 5.91. The number of hydrogen-bond acceptors (Lipinski definition) is 4. The summed E-state index contributed by atoms with van der Waals surface area (Å²) in [5, 5.41) is 0.571. The van der Waals surface area contributed by atoms with E-state index in [0.29, 0.717) is 23.9 Å². The Kier molecular flexibility index (Phi) is 4.59. The lowest BCUT2D eigenvalue weighted by atomic mass is 10.2. The Hall–Kier alpha value is -1.98. The quantitative estimate of drug-likeness (QED) is 0.851. The van der Waals surface area contributed by atoms with Gasteiger partial charge in [-0.25, -0.2) is 0 Å². The van der Waals surface area contributed by atoms with Crippen LogP contribution in [0.3, 0.4) is 0 Å². The number of nitrogens with zero attached hydrogens (tertiary/aromatic N) is 1. The van der Waals surface area contributed by atoms with Crippen LogP contribution in [0.4, 0.5) is 0 Å². The van der Waals surface area contributed by atoms with E-state index in [1.165, 1.54) is 0 Å². The molecule has 2 atom stereocenters. The van der Waals surface area contributed by atoms with Gasteiger partial charge in [0.1, 0.15) is 5.75 Å². The normalized spacial score (nSPS) is 21.3. The summed E-state index contributed by atoms with van der Waals surface area (Å²) in [6.07, 6.45) is 0.0275. The third-order valence-corrected chi connectivity index (χ3v) is 3.75. The molecule has 0 spiro atoms. The highest BCUT2D eigenvalue weighted by Gasteiger charge is 2.28. The fourth-order valence-electron chi connectivity index (χ4n) is 2.64. The molecule has 0 radical (unpaired) electrons. The Bertz CT molecular complexity index is 689. The lowest BCUT2D eigenvalue weighted by molar-refractivity contribution is -0.0592. The average molecular weight is 336 g/mol. The zero-order valence-electron chi connectivity index (χ0n) is 13.0. The van der Waals surface area contributed by atoms with Gasteiger partial charge < -0.3 is 18.8 Å². The Labute approximate surface area is 139 Å². The van der Waals surface area contributed by atoms with Crippen molar-refractivity contribution in [3.05, 3.63) is 47.2 Å². The van der Waals surface area contributed by atoms with Crippen LogP contribution in [0.5, 0.6) is 11.7 Å². The van der Waals surface area contributed by atoms with E-state index in [1.54, 1.807) is 41.3 Å². The maximum absolute atomic E-state index is 12.5. The summed E-state index contributed by atoms with van der Waals surface area (Å²) in [4.78, 5) is 14.2. The summed E-state index contributed by atoms with van der Waals surface area (Å²) in [5.74, 6) is 0.903. The Morgan fingerprint density at radius 1 is 1.22 bits per heavy atom. The van der Waals surface area contributed by atoms with Crippen LogP contribution in [-0.2, 0) is 4.74 Å². The molecule has 1 amide bonds. The van der Waals surface area contributed by atoms with Gasteiger partial charge in [0.25, 0.3) is 11.9 Å². The molecule has 0 unspecified atom stereocenters. The molecule has 23 heavy (non-hydrogen) atoms. The molecule has 2 heterocycles.